The molecule has 11 aromatic rings. The molecule has 0 saturated heterocycles. The molecular formula is C58H35N3. The van der Waals surface area contributed by atoms with Gasteiger partial charge in [0.15, 0.2) is 17.5 Å². The Hall–Kier alpha value is -8.01. The normalized spacial score (nSPS) is 13.0. The van der Waals surface area contributed by atoms with Crippen LogP contribution in [0.5, 0.6) is 0 Å². The average Bonchev–Trinajstić information content (AvgIpc) is 3.81. The van der Waals surface area contributed by atoms with E-state index in [1.807, 2.05) is 18.2 Å². The molecular weight excluding hydrogens is 739 g/mol. The summed E-state index contributed by atoms with van der Waals surface area (Å²) < 4.78 is 0. The zero-order chi connectivity index (χ0) is 40.1. The SMILES string of the molecule is c1ccc(-c2nc(-c3ccc(-c4c5ccccc5cc5ccc6ccccc6c45)cc3)nc(-c3cccc4c3C3(c5ccccc5-c5ccccc53)c3ccccc3-4)n2)cc1. The molecule has 0 atom stereocenters. The summed E-state index contributed by atoms with van der Waals surface area (Å²) in [5.74, 6) is 1.94. The molecule has 13 rings (SSSR count). The second kappa shape index (κ2) is 13.0. The van der Waals surface area contributed by atoms with Gasteiger partial charge in [-0.25, -0.2) is 15.0 Å². The van der Waals surface area contributed by atoms with Gasteiger partial charge in [0.1, 0.15) is 0 Å². The number of benzene rings is 10. The van der Waals surface area contributed by atoms with Gasteiger partial charge >= 0.3 is 0 Å². The van der Waals surface area contributed by atoms with Crippen molar-refractivity contribution in [2.75, 3.05) is 0 Å². The topological polar surface area (TPSA) is 38.7 Å². The van der Waals surface area contributed by atoms with Crippen LogP contribution >= 0.6 is 0 Å². The maximum atomic E-state index is 5.43. The molecule has 3 nitrogen and oxygen atoms in total. The summed E-state index contributed by atoms with van der Waals surface area (Å²) >= 11 is 0. The third-order valence-corrected chi connectivity index (χ3v) is 13.1. The molecule has 1 spiro atoms. The highest BCUT2D eigenvalue weighted by Crippen LogP contribution is 2.64. The first-order chi connectivity index (χ1) is 30.3. The Kier molecular flexibility index (Phi) is 7.22. The number of nitrogens with zero attached hydrogens (tertiary/aromatic N) is 3. The van der Waals surface area contributed by atoms with Crippen molar-refractivity contribution in [1.29, 1.82) is 0 Å². The lowest BCUT2D eigenvalue weighted by Gasteiger charge is -2.31. The van der Waals surface area contributed by atoms with Crippen molar-refractivity contribution in [3.05, 3.63) is 235 Å². The van der Waals surface area contributed by atoms with Crippen molar-refractivity contribution in [2.45, 2.75) is 5.41 Å². The lowest BCUT2D eigenvalue weighted by molar-refractivity contribution is 0.794. The first-order valence-electron chi connectivity index (χ1n) is 20.9. The van der Waals surface area contributed by atoms with Gasteiger partial charge in [0.2, 0.25) is 0 Å². The van der Waals surface area contributed by atoms with Gasteiger partial charge in [-0.2, -0.15) is 0 Å². The number of hydrogen-bond donors (Lipinski definition) is 0. The Morgan fingerprint density at radius 1 is 0.295 bits per heavy atom. The Morgan fingerprint density at radius 2 is 0.770 bits per heavy atom. The van der Waals surface area contributed by atoms with Gasteiger partial charge in [-0.1, -0.05) is 206 Å². The molecule has 0 amide bonds. The number of rotatable bonds is 4. The number of fused-ring (bicyclic) bond motifs is 14. The van der Waals surface area contributed by atoms with E-state index >= 15 is 0 Å². The lowest BCUT2D eigenvalue weighted by Crippen LogP contribution is -2.26. The van der Waals surface area contributed by atoms with E-state index in [9.17, 15) is 0 Å². The van der Waals surface area contributed by atoms with Crippen molar-refractivity contribution in [1.82, 2.24) is 15.0 Å². The fourth-order valence-electron chi connectivity index (χ4n) is 10.6. The monoisotopic (exact) mass is 773 g/mol. The minimum absolute atomic E-state index is 0.539. The molecule has 0 radical (unpaired) electrons. The van der Waals surface area contributed by atoms with Crippen LogP contribution in [0, 0.1) is 0 Å². The molecule has 1 heterocycles. The van der Waals surface area contributed by atoms with E-state index in [-0.39, 0.29) is 0 Å². The molecule has 0 saturated carbocycles. The molecule has 3 heteroatoms. The fourth-order valence-corrected chi connectivity index (χ4v) is 10.6. The second-order valence-electron chi connectivity index (χ2n) is 16.2. The average molecular weight is 774 g/mol. The number of hydrogen-bond acceptors (Lipinski definition) is 3. The highest BCUT2D eigenvalue weighted by Gasteiger charge is 2.52. The second-order valence-corrected chi connectivity index (χ2v) is 16.2. The summed E-state index contributed by atoms with van der Waals surface area (Å²) in [6.45, 7) is 0. The van der Waals surface area contributed by atoms with E-state index in [0.29, 0.717) is 17.5 Å². The maximum Gasteiger partial charge on any atom is 0.164 e. The highest BCUT2D eigenvalue weighted by molar-refractivity contribution is 6.22. The fraction of sp³-hybridized carbons (Fsp3) is 0.0172. The molecule has 10 aromatic carbocycles. The summed E-state index contributed by atoms with van der Waals surface area (Å²) in [5.41, 5.74) is 14.8. The van der Waals surface area contributed by atoms with Crippen LogP contribution in [0.2, 0.25) is 0 Å². The highest BCUT2D eigenvalue weighted by atomic mass is 15.0. The minimum atomic E-state index is -0.539. The van der Waals surface area contributed by atoms with Crippen molar-refractivity contribution in [3.8, 4) is 67.5 Å². The molecule has 0 unspecified atom stereocenters. The molecule has 2 aliphatic rings. The predicted octanol–water partition coefficient (Wildman–Crippen LogP) is 14.3. The Morgan fingerprint density at radius 3 is 1.46 bits per heavy atom. The quantitative estimate of drug-likeness (QED) is 0.132. The molecule has 282 valence electrons. The van der Waals surface area contributed by atoms with Gasteiger partial charge in [-0.05, 0) is 94.0 Å². The predicted molar refractivity (Wildman–Crippen MR) is 250 cm³/mol. The van der Waals surface area contributed by atoms with E-state index in [4.69, 9.17) is 15.0 Å². The van der Waals surface area contributed by atoms with Gasteiger partial charge in [0, 0.05) is 16.7 Å². The van der Waals surface area contributed by atoms with E-state index in [1.54, 1.807) is 0 Å². The molecule has 0 fully saturated rings. The summed E-state index contributed by atoms with van der Waals surface area (Å²) in [5, 5.41) is 7.44. The van der Waals surface area contributed by atoms with Crippen LogP contribution in [0.4, 0.5) is 0 Å². The van der Waals surface area contributed by atoms with Crippen LogP contribution < -0.4 is 0 Å². The van der Waals surface area contributed by atoms with Crippen LogP contribution in [-0.4, -0.2) is 15.0 Å². The third kappa shape index (κ3) is 4.83. The van der Waals surface area contributed by atoms with E-state index in [2.05, 4.69) is 194 Å². The van der Waals surface area contributed by atoms with Gasteiger partial charge in [-0.3, -0.25) is 0 Å². The standard InChI is InChI=1S/C58H35N3/c1-2-16-38(17-3-1)55-59-56(39-32-30-37(31-33-39)52-43-20-7-5-18-40(43)35-41-34-29-36-15-4-6-19-42(36)53(41)52)61-57(60-55)48-25-14-24-47-46-23-10-13-28-51(46)58(54(47)48)49-26-11-8-21-44(49)45-22-9-12-27-50(45)58/h1-35H. The Bertz CT molecular complexity index is 3520. The molecule has 0 N–H and O–H groups in total. The van der Waals surface area contributed by atoms with Gasteiger partial charge in [0.25, 0.3) is 0 Å². The van der Waals surface area contributed by atoms with Crippen molar-refractivity contribution >= 4 is 32.3 Å². The van der Waals surface area contributed by atoms with Gasteiger partial charge in [0.05, 0.1) is 5.41 Å². The zero-order valence-electron chi connectivity index (χ0n) is 33.0. The molecule has 2 aliphatic carbocycles. The van der Waals surface area contributed by atoms with Crippen molar-refractivity contribution in [2.24, 2.45) is 0 Å². The zero-order valence-corrected chi connectivity index (χ0v) is 33.0. The molecule has 61 heavy (non-hydrogen) atoms. The van der Waals surface area contributed by atoms with Gasteiger partial charge < -0.3 is 0 Å². The maximum absolute atomic E-state index is 5.43. The van der Waals surface area contributed by atoms with Crippen LogP contribution in [0.3, 0.4) is 0 Å². The summed E-state index contributed by atoms with van der Waals surface area (Å²) in [6, 6.07) is 76.8. The van der Waals surface area contributed by atoms with Crippen LogP contribution in [0.15, 0.2) is 212 Å². The van der Waals surface area contributed by atoms with E-state index in [1.165, 1.54) is 82.4 Å². The van der Waals surface area contributed by atoms with Gasteiger partial charge in [-0.15, -0.1) is 0 Å². The van der Waals surface area contributed by atoms with Crippen LogP contribution in [-0.2, 0) is 5.41 Å². The van der Waals surface area contributed by atoms with Crippen LogP contribution in [0.1, 0.15) is 22.3 Å². The van der Waals surface area contributed by atoms with Crippen molar-refractivity contribution < 1.29 is 0 Å². The lowest BCUT2D eigenvalue weighted by atomic mass is 9.69. The minimum Gasteiger partial charge on any atom is -0.208 e. The smallest absolute Gasteiger partial charge is 0.164 e. The third-order valence-electron chi connectivity index (χ3n) is 13.1. The molecule has 0 bridgehead atoms. The first kappa shape index (κ1) is 33.9. The number of aromatic nitrogens is 3. The molecule has 0 aliphatic heterocycles. The van der Waals surface area contributed by atoms with Crippen molar-refractivity contribution in [3.63, 3.8) is 0 Å². The summed E-state index contributed by atoms with van der Waals surface area (Å²) in [6.07, 6.45) is 0. The Balaban J connectivity index is 1.04. The van der Waals surface area contributed by atoms with E-state index < -0.39 is 5.41 Å². The van der Waals surface area contributed by atoms with E-state index in [0.717, 1.165) is 22.3 Å². The Labute approximate surface area is 353 Å². The van der Waals surface area contributed by atoms with Crippen LogP contribution in [0.25, 0.3) is 99.9 Å². The molecule has 1 aromatic heterocycles. The summed E-state index contributed by atoms with van der Waals surface area (Å²) in [4.78, 5) is 16.0. The largest absolute Gasteiger partial charge is 0.208 e. The summed E-state index contributed by atoms with van der Waals surface area (Å²) in [7, 11) is 0. The first-order valence-corrected chi connectivity index (χ1v) is 20.9.